The molecule has 1 aliphatic heterocycles. The van der Waals surface area contributed by atoms with E-state index in [0.717, 1.165) is 12.8 Å². The van der Waals surface area contributed by atoms with E-state index in [-0.39, 0.29) is 25.2 Å². The number of carbonyl (C=O) groups excluding carboxylic acids is 4. The number of amides is 2. The van der Waals surface area contributed by atoms with Gasteiger partial charge in [0.25, 0.3) is 0 Å². The van der Waals surface area contributed by atoms with Crippen molar-refractivity contribution in [2.24, 2.45) is 0 Å². The highest BCUT2D eigenvalue weighted by Gasteiger charge is 2.50. The smallest absolute Gasteiger partial charge is 0.449 e. The number of ketones is 1. The van der Waals surface area contributed by atoms with E-state index in [1.54, 1.807) is 34.6 Å². The Morgan fingerprint density at radius 1 is 0.964 bits per heavy atom. The van der Waals surface area contributed by atoms with Gasteiger partial charge in [-0.05, 0) is 34.6 Å². The van der Waals surface area contributed by atoms with Gasteiger partial charge in [0.2, 0.25) is 5.60 Å². The van der Waals surface area contributed by atoms with Gasteiger partial charge in [-0.3, -0.25) is 14.9 Å². The predicted molar refractivity (Wildman–Crippen MR) is 99.9 cm³/mol. The number of hydroxylamine groups is 3. The first-order valence-electron chi connectivity index (χ1n) is 9.49. The standard InChI is InChI=1S/C19H32N2O7/c1-18(2,3)27-16(24)19(4,5)28-21(11-7-8-12-21)17(25)20-13-14(22)9-10-15(23)26-6/h7-13H2,1-6H3/p+1. The molecule has 160 valence electrons. The maximum atomic E-state index is 12.8. The van der Waals surface area contributed by atoms with E-state index in [0.29, 0.717) is 13.1 Å². The van der Waals surface area contributed by atoms with Crippen molar-refractivity contribution < 1.29 is 38.1 Å². The Hall–Kier alpha value is -2.00. The van der Waals surface area contributed by atoms with Crippen molar-refractivity contribution in [3.05, 3.63) is 0 Å². The molecule has 0 aliphatic carbocycles. The number of Topliss-reactive ketones (excluding diaryl/α,β-unsaturated/α-hetero) is 1. The zero-order valence-electron chi connectivity index (χ0n) is 17.8. The van der Waals surface area contributed by atoms with Gasteiger partial charge >= 0.3 is 18.0 Å². The normalized spacial score (nSPS) is 16.4. The van der Waals surface area contributed by atoms with Crippen LogP contribution < -0.4 is 5.32 Å². The number of esters is 2. The molecule has 1 rings (SSSR count). The SMILES string of the molecule is COC(=O)CCC(=O)CNC(=O)[N+]1(OC(C)(C)C(=O)OC(C)(C)C)CCCC1. The van der Waals surface area contributed by atoms with Crippen molar-refractivity contribution in [2.45, 2.75) is 71.5 Å². The fourth-order valence-corrected chi connectivity index (χ4v) is 2.81. The van der Waals surface area contributed by atoms with Crippen molar-refractivity contribution in [3.8, 4) is 0 Å². The van der Waals surface area contributed by atoms with Crippen molar-refractivity contribution in [2.75, 3.05) is 26.7 Å². The Bertz CT molecular complexity index is 602. The number of urea groups is 1. The van der Waals surface area contributed by atoms with Crippen molar-refractivity contribution >= 4 is 23.8 Å². The highest BCUT2D eigenvalue weighted by atomic mass is 16.8. The lowest BCUT2D eigenvalue weighted by Crippen LogP contribution is -2.61. The number of hydrogen-bond acceptors (Lipinski definition) is 7. The van der Waals surface area contributed by atoms with Gasteiger partial charge in [-0.1, -0.05) is 4.65 Å². The molecule has 1 heterocycles. The molecule has 0 spiro atoms. The molecule has 0 unspecified atom stereocenters. The van der Waals surface area contributed by atoms with E-state index in [2.05, 4.69) is 10.1 Å². The summed E-state index contributed by atoms with van der Waals surface area (Å²) in [7, 11) is 1.25. The van der Waals surface area contributed by atoms with Crippen molar-refractivity contribution in [3.63, 3.8) is 0 Å². The van der Waals surface area contributed by atoms with Crippen molar-refractivity contribution in [1.29, 1.82) is 0 Å². The van der Waals surface area contributed by atoms with Gasteiger partial charge in [-0.2, -0.15) is 4.84 Å². The summed E-state index contributed by atoms with van der Waals surface area (Å²) >= 11 is 0. The van der Waals surface area contributed by atoms with Crippen LogP contribution in [0.1, 0.15) is 60.3 Å². The number of nitrogens with zero attached hydrogens (tertiary/aromatic N) is 1. The lowest BCUT2D eigenvalue weighted by molar-refractivity contribution is -1.04. The van der Waals surface area contributed by atoms with E-state index in [1.807, 2.05) is 0 Å². The molecule has 0 atom stereocenters. The third-order valence-electron chi connectivity index (χ3n) is 4.22. The second-order valence-corrected chi connectivity index (χ2v) is 8.42. The third kappa shape index (κ3) is 7.20. The fourth-order valence-electron chi connectivity index (χ4n) is 2.81. The van der Waals surface area contributed by atoms with Gasteiger partial charge in [-0.25, -0.2) is 9.59 Å². The number of hydrogen-bond donors (Lipinski definition) is 1. The molecule has 1 fully saturated rings. The molecule has 0 aromatic carbocycles. The van der Waals surface area contributed by atoms with Crippen LogP contribution in [-0.2, 0) is 28.7 Å². The molecule has 28 heavy (non-hydrogen) atoms. The molecular formula is C19H33N2O7+. The number of nitrogens with one attached hydrogen (secondary N) is 1. The molecule has 1 N–H and O–H groups in total. The lowest BCUT2D eigenvalue weighted by Gasteiger charge is -2.35. The minimum atomic E-state index is -1.34. The first kappa shape index (κ1) is 24.0. The second-order valence-electron chi connectivity index (χ2n) is 8.42. The number of likely N-dealkylation sites (tertiary alicyclic amines) is 1. The molecular weight excluding hydrogens is 368 g/mol. The van der Waals surface area contributed by atoms with Gasteiger partial charge in [0, 0.05) is 19.3 Å². The summed E-state index contributed by atoms with van der Waals surface area (Å²) in [5, 5.41) is 2.57. The molecule has 9 heteroatoms. The number of rotatable bonds is 8. The molecule has 0 bridgehead atoms. The zero-order chi connectivity index (χ0) is 21.6. The molecule has 9 nitrogen and oxygen atoms in total. The Morgan fingerprint density at radius 2 is 1.54 bits per heavy atom. The highest BCUT2D eigenvalue weighted by Crippen LogP contribution is 2.28. The van der Waals surface area contributed by atoms with E-state index >= 15 is 0 Å². The van der Waals surface area contributed by atoms with Gasteiger partial charge in [0.1, 0.15) is 18.7 Å². The van der Waals surface area contributed by atoms with E-state index < -0.39 is 33.8 Å². The number of ether oxygens (including phenoxy) is 2. The Kier molecular flexibility index (Phi) is 8.13. The summed E-state index contributed by atoms with van der Waals surface area (Å²) in [5.74, 6) is -1.33. The largest absolute Gasteiger partial charge is 0.469 e. The summed E-state index contributed by atoms with van der Waals surface area (Å²) in [6.07, 6.45) is 1.47. The summed E-state index contributed by atoms with van der Waals surface area (Å²) in [6.45, 7) is 8.98. The van der Waals surface area contributed by atoms with Crippen LogP contribution >= 0.6 is 0 Å². The van der Waals surface area contributed by atoms with Crippen LogP contribution in [0.2, 0.25) is 0 Å². The van der Waals surface area contributed by atoms with Crippen LogP contribution in [0.4, 0.5) is 4.79 Å². The Labute approximate surface area is 166 Å². The molecule has 1 saturated heterocycles. The number of carbonyl (C=O) groups is 4. The van der Waals surface area contributed by atoms with Crippen LogP contribution in [0.5, 0.6) is 0 Å². The quantitative estimate of drug-likeness (QED) is 0.489. The molecule has 1 aliphatic rings. The second kappa shape index (κ2) is 9.47. The van der Waals surface area contributed by atoms with Gasteiger partial charge < -0.3 is 9.47 Å². The van der Waals surface area contributed by atoms with Crippen molar-refractivity contribution in [1.82, 2.24) is 5.32 Å². The maximum Gasteiger partial charge on any atom is 0.449 e. The van der Waals surface area contributed by atoms with Crippen LogP contribution in [0.3, 0.4) is 0 Å². The highest BCUT2D eigenvalue weighted by molar-refractivity contribution is 5.86. The summed E-state index contributed by atoms with van der Waals surface area (Å²) < 4.78 is 9.49. The van der Waals surface area contributed by atoms with Gasteiger partial charge in [0.05, 0.1) is 20.1 Å². The average Bonchev–Trinajstić information content (AvgIpc) is 3.04. The molecule has 0 aromatic heterocycles. The number of quaternary nitrogens is 1. The minimum Gasteiger partial charge on any atom is -0.469 e. The zero-order valence-corrected chi connectivity index (χ0v) is 17.8. The van der Waals surface area contributed by atoms with E-state index in [9.17, 15) is 19.2 Å². The van der Waals surface area contributed by atoms with E-state index in [4.69, 9.17) is 9.57 Å². The Balaban J connectivity index is 2.74. The predicted octanol–water partition coefficient (Wildman–Crippen LogP) is 1.88. The molecule has 0 aromatic rings. The van der Waals surface area contributed by atoms with Crippen LogP contribution in [0.15, 0.2) is 0 Å². The van der Waals surface area contributed by atoms with Crippen LogP contribution in [-0.4, -0.2) is 66.3 Å². The van der Waals surface area contributed by atoms with E-state index in [1.165, 1.54) is 7.11 Å². The summed E-state index contributed by atoms with van der Waals surface area (Å²) in [4.78, 5) is 54.2. The summed E-state index contributed by atoms with van der Waals surface area (Å²) in [5.41, 5.74) is -2.02. The average molecular weight is 401 g/mol. The molecule has 0 saturated carbocycles. The van der Waals surface area contributed by atoms with Crippen LogP contribution in [0.25, 0.3) is 0 Å². The molecule has 0 radical (unpaired) electrons. The fraction of sp³-hybridized carbons (Fsp3) is 0.789. The van der Waals surface area contributed by atoms with Gasteiger partial charge in [0.15, 0.2) is 5.78 Å². The number of methoxy groups -OCH3 is 1. The van der Waals surface area contributed by atoms with Crippen LogP contribution in [0, 0.1) is 0 Å². The first-order valence-corrected chi connectivity index (χ1v) is 9.49. The first-order chi connectivity index (χ1) is 12.8. The maximum absolute atomic E-state index is 12.8. The Morgan fingerprint density at radius 3 is 2.04 bits per heavy atom. The molecule has 2 amide bonds. The third-order valence-corrected chi connectivity index (χ3v) is 4.22. The summed E-state index contributed by atoms with van der Waals surface area (Å²) in [6, 6.07) is -0.486. The monoisotopic (exact) mass is 401 g/mol. The lowest BCUT2D eigenvalue weighted by atomic mass is 10.1. The topological polar surface area (TPSA) is 108 Å². The van der Waals surface area contributed by atoms with Gasteiger partial charge in [-0.15, -0.1) is 0 Å². The minimum absolute atomic E-state index is 0.0167.